The van der Waals surface area contributed by atoms with Crippen molar-refractivity contribution in [1.29, 1.82) is 0 Å². The van der Waals surface area contributed by atoms with Crippen LogP contribution in [0.15, 0.2) is 48.5 Å². The lowest BCUT2D eigenvalue weighted by molar-refractivity contribution is 0.0635. The van der Waals surface area contributed by atoms with Gasteiger partial charge in [-0.25, -0.2) is 0 Å². The molecule has 0 unspecified atom stereocenters. The lowest BCUT2D eigenvalue weighted by atomic mass is 10.1. The number of piperazine rings is 1. The van der Waals surface area contributed by atoms with Gasteiger partial charge in [0.05, 0.1) is 19.8 Å². The van der Waals surface area contributed by atoms with E-state index in [-0.39, 0.29) is 5.91 Å². The van der Waals surface area contributed by atoms with E-state index >= 15 is 0 Å². The van der Waals surface area contributed by atoms with Gasteiger partial charge < -0.3 is 14.4 Å². The number of rotatable bonds is 6. The van der Waals surface area contributed by atoms with Crippen LogP contribution in [0.5, 0.6) is 11.5 Å². The highest BCUT2D eigenvalue weighted by atomic mass is 16.5. The molecular weight excluding hydrogens is 328 g/mol. The van der Waals surface area contributed by atoms with Crippen LogP contribution in [0.3, 0.4) is 0 Å². The van der Waals surface area contributed by atoms with Crippen LogP contribution in [-0.4, -0.2) is 62.7 Å². The number of carbonyl (C=O) groups excluding carboxylic acids is 1. The van der Waals surface area contributed by atoms with Crippen LogP contribution in [0, 0.1) is 0 Å². The Morgan fingerprint density at radius 3 is 2.27 bits per heavy atom. The number of benzene rings is 2. The number of para-hydroxylation sites is 1. The van der Waals surface area contributed by atoms with Crippen LogP contribution in [0.2, 0.25) is 0 Å². The van der Waals surface area contributed by atoms with Crippen molar-refractivity contribution < 1.29 is 14.3 Å². The van der Waals surface area contributed by atoms with Crippen molar-refractivity contribution in [2.75, 3.05) is 46.9 Å². The van der Waals surface area contributed by atoms with Gasteiger partial charge in [-0.15, -0.1) is 0 Å². The van der Waals surface area contributed by atoms with Crippen molar-refractivity contribution in [3.8, 4) is 11.5 Å². The van der Waals surface area contributed by atoms with Crippen molar-refractivity contribution in [1.82, 2.24) is 9.80 Å². The standard InChI is InChI=1S/C21H26N2O3/c1-25-18-9-7-17(8-10-18)11-12-22-13-15-23(16-14-22)21(24)19-5-3-4-6-20(19)26-2/h3-10H,11-16H2,1-2H3. The molecule has 0 saturated carbocycles. The van der Waals surface area contributed by atoms with Gasteiger partial charge in [-0.05, 0) is 36.2 Å². The van der Waals surface area contributed by atoms with Gasteiger partial charge >= 0.3 is 0 Å². The van der Waals surface area contributed by atoms with Crippen LogP contribution in [-0.2, 0) is 6.42 Å². The summed E-state index contributed by atoms with van der Waals surface area (Å²) in [5.41, 5.74) is 1.94. The van der Waals surface area contributed by atoms with E-state index in [9.17, 15) is 4.79 Å². The molecule has 1 amide bonds. The number of ether oxygens (including phenoxy) is 2. The first-order chi connectivity index (χ1) is 12.7. The van der Waals surface area contributed by atoms with Crippen molar-refractivity contribution in [3.63, 3.8) is 0 Å². The highest BCUT2D eigenvalue weighted by molar-refractivity contribution is 5.97. The molecule has 26 heavy (non-hydrogen) atoms. The molecule has 0 radical (unpaired) electrons. The summed E-state index contributed by atoms with van der Waals surface area (Å²) in [6.07, 6.45) is 1.00. The third-order valence-electron chi connectivity index (χ3n) is 4.87. The Balaban J connectivity index is 1.50. The van der Waals surface area contributed by atoms with E-state index in [1.807, 2.05) is 41.3 Å². The fourth-order valence-electron chi connectivity index (χ4n) is 3.25. The number of amides is 1. The zero-order chi connectivity index (χ0) is 18.4. The van der Waals surface area contributed by atoms with E-state index in [1.165, 1.54) is 5.56 Å². The smallest absolute Gasteiger partial charge is 0.257 e. The van der Waals surface area contributed by atoms with Crippen LogP contribution < -0.4 is 9.47 Å². The first-order valence-corrected chi connectivity index (χ1v) is 8.99. The molecule has 1 heterocycles. The number of carbonyl (C=O) groups is 1. The van der Waals surface area contributed by atoms with Crippen LogP contribution in [0.4, 0.5) is 0 Å². The molecular formula is C21H26N2O3. The van der Waals surface area contributed by atoms with E-state index in [0.717, 1.165) is 44.9 Å². The normalized spacial score (nSPS) is 14.9. The summed E-state index contributed by atoms with van der Waals surface area (Å²) in [4.78, 5) is 17.1. The molecule has 5 heteroatoms. The molecule has 0 N–H and O–H groups in total. The average Bonchev–Trinajstić information content (AvgIpc) is 2.72. The molecule has 3 rings (SSSR count). The number of hydrogen-bond acceptors (Lipinski definition) is 4. The minimum Gasteiger partial charge on any atom is -0.497 e. The van der Waals surface area contributed by atoms with Gasteiger partial charge in [-0.1, -0.05) is 24.3 Å². The predicted molar refractivity (Wildman–Crippen MR) is 102 cm³/mol. The first kappa shape index (κ1) is 18.3. The highest BCUT2D eigenvalue weighted by Gasteiger charge is 2.23. The molecule has 1 saturated heterocycles. The number of hydrogen-bond donors (Lipinski definition) is 0. The Morgan fingerprint density at radius 2 is 1.62 bits per heavy atom. The lowest BCUT2D eigenvalue weighted by Gasteiger charge is -2.35. The second-order valence-corrected chi connectivity index (χ2v) is 6.43. The van der Waals surface area contributed by atoms with E-state index in [4.69, 9.17) is 9.47 Å². The van der Waals surface area contributed by atoms with Crippen molar-refractivity contribution in [2.24, 2.45) is 0 Å². The maximum Gasteiger partial charge on any atom is 0.257 e. The summed E-state index contributed by atoms with van der Waals surface area (Å²) in [5.74, 6) is 1.58. The molecule has 0 aromatic heterocycles. The molecule has 138 valence electrons. The molecule has 1 aliphatic rings. The molecule has 1 fully saturated rings. The van der Waals surface area contributed by atoms with E-state index in [0.29, 0.717) is 11.3 Å². The quantitative estimate of drug-likeness (QED) is 0.800. The zero-order valence-electron chi connectivity index (χ0n) is 15.5. The molecule has 0 atom stereocenters. The maximum atomic E-state index is 12.7. The monoisotopic (exact) mass is 354 g/mol. The second-order valence-electron chi connectivity index (χ2n) is 6.43. The molecule has 0 aliphatic carbocycles. The summed E-state index contributed by atoms with van der Waals surface area (Å²) in [5, 5.41) is 0. The first-order valence-electron chi connectivity index (χ1n) is 8.99. The Labute approximate surface area is 155 Å². The van der Waals surface area contributed by atoms with Gasteiger partial charge in [0, 0.05) is 32.7 Å². The molecule has 1 aliphatic heterocycles. The minimum atomic E-state index is 0.0530. The average molecular weight is 354 g/mol. The Hall–Kier alpha value is -2.53. The van der Waals surface area contributed by atoms with Crippen LogP contribution in [0.1, 0.15) is 15.9 Å². The summed E-state index contributed by atoms with van der Waals surface area (Å²) in [6, 6.07) is 15.6. The van der Waals surface area contributed by atoms with Gasteiger partial charge in [0.2, 0.25) is 0 Å². The summed E-state index contributed by atoms with van der Waals surface area (Å²) < 4.78 is 10.5. The topological polar surface area (TPSA) is 42.0 Å². The van der Waals surface area contributed by atoms with E-state index in [2.05, 4.69) is 17.0 Å². The Bertz CT molecular complexity index is 722. The number of nitrogens with zero attached hydrogens (tertiary/aromatic N) is 2. The van der Waals surface area contributed by atoms with Crippen LogP contribution >= 0.6 is 0 Å². The molecule has 5 nitrogen and oxygen atoms in total. The Kier molecular flexibility index (Phi) is 6.12. The summed E-state index contributed by atoms with van der Waals surface area (Å²) in [6.45, 7) is 4.30. The second kappa shape index (κ2) is 8.72. The highest BCUT2D eigenvalue weighted by Crippen LogP contribution is 2.20. The summed E-state index contributed by atoms with van der Waals surface area (Å²) in [7, 11) is 3.28. The predicted octanol–water partition coefficient (Wildman–Crippen LogP) is 2.70. The van der Waals surface area contributed by atoms with E-state index < -0.39 is 0 Å². The van der Waals surface area contributed by atoms with E-state index in [1.54, 1.807) is 14.2 Å². The minimum absolute atomic E-state index is 0.0530. The SMILES string of the molecule is COc1ccc(CCN2CCN(C(=O)c3ccccc3OC)CC2)cc1. The number of methoxy groups -OCH3 is 2. The van der Waals surface area contributed by atoms with Gasteiger partial charge in [0.1, 0.15) is 11.5 Å². The Morgan fingerprint density at radius 1 is 0.923 bits per heavy atom. The fraction of sp³-hybridized carbons (Fsp3) is 0.381. The van der Waals surface area contributed by atoms with Crippen molar-refractivity contribution in [2.45, 2.75) is 6.42 Å². The fourth-order valence-corrected chi connectivity index (χ4v) is 3.25. The van der Waals surface area contributed by atoms with Gasteiger partial charge in [-0.3, -0.25) is 9.69 Å². The van der Waals surface area contributed by atoms with Crippen molar-refractivity contribution >= 4 is 5.91 Å². The molecule has 0 bridgehead atoms. The van der Waals surface area contributed by atoms with Gasteiger partial charge in [0.15, 0.2) is 0 Å². The third-order valence-corrected chi connectivity index (χ3v) is 4.87. The summed E-state index contributed by atoms with van der Waals surface area (Å²) >= 11 is 0. The van der Waals surface area contributed by atoms with Gasteiger partial charge in [-0.2, -0.15) is 0 Å². The van der Waals surface area contributed by atoms with Crippen LogP contribution in [0.25, 0.3) is 0 Å². The molecule has 2 aromatic carbocycles. The largest absolute Gasteiger partial charge is 0.497 e. The third kappa shape index (κ3) is 4.35. The van der Waals surface area contributed by atoms with Gasteiger partial charge in [0.25, 0.3) is 5.91 Å². The molecule has 0 spiro atoms. The lowest BCUT2D eigenvalue weighted by Crippen LogP contribution is -2.49. The molecule has 2 aromatic rings. The van der Waals surface area contributed by atoms with Crippen molar-refractivity contribution in [3.05, 3.63) is 59.7 Å². The zero-order valence-corrected chi connectivity index (χ0v) is 15.5. The maximum absolute atomic E-state index is 12.7.